The Labute approximate surface area is 167 Å². The summed E-state index contributed by atoms with van der Waals surface area (Å²) < 4.78 is 0. The number of hydrogen-bond acceptors (Lipinski definition) is 3. The number of rotatable bonds is 5. The van der Waals surface area contributed by atoms with Crippen LogP contribution in [0.25, 0.3) is 0 Å². The highest BCUT2D eigenvalue weighted by Crippen LogP contribution is 2.16. The zero-order chi connectivity index (χ0) is 19.9. The first-order chi connectivity index (χ1) is 13.5. The average Bonchev–Trinajstić information content (AvgIpc) is 2.74. The van der Waals surface area contributed by atoms with E-state index in [2.05, 4.69) is 11.9 Å². The first-order valence-corrected chi connectivity index (χ1v) is 9.87. The summed E-state index contributed by atoms with van der Waals surface area (Å²) in [6.07, 6.45) is 1.81. The van der Waals surface area contributed by atoms with Gasteiger partial charge in [-0.2, -0.15) is 0 Å². The number of amides is 2. The molecule has 148 valence electrons. The number of piperidine rings is 1. The lowest BCUT2D eigenvalue weighted by atomic mass is 10.0. The molecule has 3 rings (SSSR count). The van der Waals surface area contributed by atoms with Crippen LogP contribution in [0.2, 0.25) is 0 Å². The summed E-state index contributed by atoms with van der Waals surface area (Å²) >= 11 is 0. The highest BCUT2D eigenvalue weighted by Gasteiger charge is 2.31. The number of nitrogens with zero attached hydrogens (tertiary/aromatic N) is 3. The van der Waals surface area contributed by atoms with E-state index in [0.29, 0.717) is 13.1 Å². The van der Waals surface area contributed by atoms with Crippen LogP contribution in [0.5, 0.6) is 0 Å². The SMILES string of the molecule is CN1CCC(N(C)C(=O)C(=O)N(Cc2ccccc2)Cc2ccccc2)CC1. The third-order valence-corrected chi connectivity index (χ3v) is 5.46. The normalized spacial score (nSPS) is 15.2. The zero-order valence-electron chi connectivity index (χ0n) is 16.8. The van der Waals surface area contributed by atoms with Crippen molar-refractivity contribution in [2.24, 2.45) is 0 Å². The Hall–Kier alpha value is -2.66. The van der Waals surface area contributed by atoms with Gasteiger partial charge in [-0.25, -0.2) is 0 Å². The van der Waals surface area contributed by atoms with Crippen LogP contribution < -0.4 is 0 Å². The van der Waals surface area contributed by atoms with Gasteiger partial charge >= 0.3 is 11.8 Å². The van der Waals surface area contributed by atoms with E-state index in [1.165, 1.54) is 0 Å². The van der Waals surface area contributed by atoms with E-state index in [0.717, 1.165) is 37.1 Å². The lowest BCUT2D eigenvalue weighted by Crippen LogP contribution is -2.50. The van der Waals surface area contributed by atoms with Gasteiger partial charge in [-0.05, 0) is 44.1 Å². The van der Waals surface area contributed by atoms with Crippen molar-refractivity contribution in [1.29, 1.82) is 0 Å². The van der Waals surface area contributed by atoms with Gasteiger partial charge < -0.3 is 14.7 Å². The van der Waals surface area contributed by atoms with E-state index in [1.807, 2.05) is 60.7 Å². The van der Waals surface area contributed by atoms with Gasteiger partial charge in [0.1, 0.15) is 0 Å². The molecule has 0 N–H and O–H groups in total. The maximum absolute atomic E-state index is 13.1. The predicted octanol–water partition coefficient (Wildman–Crippen LogP) is 2.77. The van der Waals surface area contributed by atoms with Crippen LogP contribution in [0.1, 0.15) is 24.0 Å². The summed E-state index contributed by atoms with van der Waals surface area (Å²) in [5.74, 6) is -0.851. The minimum atomic E-state index is -0.436. The quantitative estimate of drug-likeness (QED) is 0.751. The molecule has 2 aromatic rings. The molecule has 0 unspecified atom stereocenters. The maximum atomic E-state index is 13.1. The van der Waals surface area contributed by atoms with Crippen LogP contribution in [-0.4, -0.2) is 59.7 Å². The first kappa shape index (κ1) is 20.1. The third kappa shape index (κ3) is 5.20. The van der Waals surface area contributed by atoms with Gasteiger partial charge in [-0.3, -0.25) is 9.59 Å². The molecule has 1 aliphatic heterocycles. The Balaban J connectivity index is 1.73. The third-order valence-electron chi connectivity index (χ3n) is 5.46. The van der Waals surface area contributed by atoms with E-state index in [9.17, 15) is 9.59 Å². The lowest BCUT2D eigenvalue weighted by Gasteiger charge is -2.35. The zero-order valence-corrected chi connectivity index (χ0v) is 16.8. The fourth-order valence-corrected chi connectivity index (χ4v) is 3.64. The van der Waals surface area contributed by atoms with Gasteiger partial charge in [0.25, 0.3) is 0 Å². The Bertz CT molecular complexity index is 729. The second kappa shape index (κ2) is 9.51. The molecule has 0 aliphatic carbocycles. The van der Waals surface area contributed by atoms with Crippen molar-refractivity contribution in [3.63, 3.8) is 0 Å². The fourth-order valence-electron chi connectivity index (χ4n) is 3.64. The Kier molecular flexibility index (Phi) is 6.82. The average molecular weight is 380 g/mol. The highest BCUT2D eigenvalue weighted by molar-refractivity contribution is 6.34. The number of likely N-dealkylation sites (tertiary alicyclic amines) is 1. The first-order valence-electron chi connectivity index (χ1n) is 9.87. The summed E-state index contributed by atoms with van der Waals surface area (Å²) in [6.45, 7) is 2.74. The number of carbonyl (C=O) groups excluding carboxylic acids is 2. The number of hydrogen-bond donors (Lipinski definition) is 0. The highest BCUT2D eigenvalue weighted by atomic mass is 16.2. The molecule has 0 bridgehead atoms. The van der Waals surface area contributed by atoms with E-state index < -0.39 is 11.8 Å². The van der Waals surface area contributed by atoms with Crippen molar-refractivity contribution in [2.75, 3.05) is 27.2 Å². The van der Waals surface area contributed by atoms with Crippen molar-refractivity contribution < 1.29 is 9.59 Å². The molecule has 0 saturated carbocycles. The molecular formula is C23H29N3O2. The van der Waals surface area contributed by atoms with Gasteiger partial charge in [0.15, 0.2) is 0 Å². The number of benzene rings is 2. The smallest absolute Gasteiger partial charge is 0.312 e. The van der Waals surface area contributed by atoms with E-state index >= 15 is 0 Å². The molecule has 1 fully saturated rings. The molecule has 5 nitrogen and oxygen atoms in total. The second-order valence-electron chi connectivity index (χ2n) is 7.58. The Morgan fingerprint density at radius 3 is 1.79 bits per heavy atom. The second-order valence-corrected chi connectivity index (χ2v) is 7.58. The van der Waals surface area contributed by atoms with Crippen molar-refractivity contribution in [1.82, 2.24) is 14.7 Å². The standard InChI is InChI=1S/C23H29N3O2/c1-24-15-13-21(14-16-24)25(2)22(27)23(28)26(17-19-9-5-3-6-10-19)18-20-11-7-4-8-12-20/h3-12,21H,13-18H2,1-2H3. The molecule has 0 radical (unpaired) electrons. The Morgan fingerprint density at radius 2 is 1.32 bits per heavy atom. The molecule has 1 aliphatic rings. The lowest BCUT2D eigenvalue weighted by molar-refractivity contribution is -0.153. The summed E-state index contributed by atoms with van der Waals surface area (Å²) in [5, 5.41) is 0. The summed E-state index contributed by atoms with van der Waals surface area (Å²) in [6, 6.07) is 19.8. The van der Waals surface area contributed by atoms with Crippen molar-refractivity contribution >= 4 is 11.8 Å². The summed E-state index contributed by atoms with van der Waals surface area (Å²) in [5.41, 5.74) is 2.03. The van der Waals surface area contributed by atoms with E-state index in [4.69, 9.17) is 0 Å². The predicted molar refractivity (Wildman–Crippen MR) is 110 cm³/mol. The number of likely N-dealkylation sites (N-methyl/N-ethyl adjacent to an activating group) is 1. The molecule has 28 heavy (non-hydrogen) atoms. The summed E-state index contributed by atoms with van der Waals surface area (Å²) in [4.78, 5) is 31.7. The fraction of sp³-hybridized carbons (Fsp3) is 0.391. The molecule has 1 heterocycles. The van der Waals surface area contributed by atoms with Crippen LogP contribution in [0.15, 0.2) is 60.7 Å². The molecule has 1 saturated heterocycles. The Morgan fingerprint density at radius 1 is 0.857 bits per heavy atom. The van der Waals surface area contributed by atoms with Crippen molar-refractivity contribution in [2.45, 2.75) is 32.0 Å². The molecule has 0 spiro atoms. The van der Waals surface area contributed by atoms with Gasteiger partial charge in [-0.1, -0.05) is 60.7 Å². The van der Waals surface area contributed by atoms with Crippen LogP contribution in [0.3, 0.4) is 0 Å². The maximum Gasteiger partial charge on any atom is 0.312 e. The van der Waals surface area contributed by atoms with Crippen LogP contribution in [0.4, 0.5) is 0 Å². The van der Waals surface area contributed by atoms with Gasteiger partial charge in [0.05, 0.1) is 0 Å². The van der Waals surface area contributed by atoms with Crippen molar-refractivity contribution in [3.8, 4) is 0 Å². The topological polar surface area (TPSA) is 43.9 Å². The van der Waals surface area contributed by atoms with Gasteiger partial charge in [-0.15, -0.1) is 0 Å². The molecule has 2 amide bonds. The molecular weight excluding hydrogens is 350 g/mol. The molecule has 5 heteroatoms. The van der Waals surface area contributed by atoms with Crippen LogP contribution in [-0.2, 0) is 22.7 Å². The molecule has 0 atom stereocenters. The number of carbonyl (C=O) groups is 2. The minimum Gasteiger partial charge on any atom is -0.334 e. The summed E-state index contributed by atoms with van der Waals surface area (Å²) in [7, 11) is 3.85. The van der Waals surface area contributed by atoms with E-state index in [-0.39, 0.29) is 6.04 Å². The minimum absolute atomic E-state index is 0.128. The molecule has 0 aromatic heterocycles. The largest absolute Gasteiger partial charge is 0.334 e. The van der Waals surface area contributed by atoms with Crippen LogP contribution in [0, 0.1) is 0 Å². The van der Waals surface area contributed by atoms with Crippen LogP contribution >= 0.6 is 0 Å². The van der Waals surface area contributed by atoms with Crippen molar-refractivity contribution in [3.05, 3.63) is 71.8 Å². The van der Waals surface area contributed by atoms with E-state index in [1.54, 1.807) is 16.8 Å². The molecule has 2 aromatic carbocycles. The monoisotopic (exact) mass is 379 g/mol. The van der Waals surface area contributed by atoms with Gasteiger partial charge in [0, 0.05) is 26.2 Å². The van der Waals surface area contributed by atoms with Gasteiger partial charge in [0.2, 0.25) is 0 Å².